The Hall–Kier alpha value is -4.34. The summed E-state index contributed by atoms with van der Waals surface area (Å²) in [5, 5.41) is 15.7. The van der Waals surface area contributed by atoms with Crippen LogP contribution in [-0.2, 0) is 6.42 Å². The van der Waals surface area contributed by atoms with Gasteiger partial charge in [0.05, 0.1) is 5.70 Å². The molecular weight excluding hydrogens is 578 g/mol. The number of hydrogen-bond acceptors (Lipinski definition) is 9. The second-order valence-corrected chi connectivity index (χ2v) is 12.1. The molecule has 0 aliphatic carbocycles. The van der Waals surface area contributed by atoms with Crippen molar-refractivity contribution in [3.63, 3.8) is 0 Å². The Balaban J connectivity index is 1.31. The Labute approximate surface area is 264 Å². The van der Waals surface area contributed by atoms with Crippen molar-refractivity contribution in [1.29, 1.82) is 5.26 Å². The van der Waals surface area contributed by atoms with Crippen LogP contribution in [-0.4, -0.2) is 109 Å². The van der Waals surface area contributed by atoms with Crippen LogP contribution >= 0.6 is 0 Å². The van der Waals surface area contributed by atoms with Crippen LogP contribution in [0.5, 0.6) is 5.75 Å². The van der Waals surface area contributed by atoms with Gasteiger partial charge in [-0.05, 0) is 63.3 Å². The zero-order chi connectivity index (χ0) is 32.3. The molecule has 3 heterocycles. The summed E-state index contributed by atoms with van der Waals surface area (Å²) in [7, 11) is 6.08. The normalized spacial score (nSPS) is 21.4. The van der Waals surface area contributed by atoms with E-state index >= 15 is 4.39 Å². The number of nitriles is 1. The van der Waals surface area contributed by atoms with Crippen LogP contribution in [0.1, 0.15) is 35.3 Å². The first-order chi connectivity index (χ1) is 21.6. The van der Waals surface area contributed by atoms with Gasteiger partial charge in [0.25, 0.3) is 5.91 Å². The molecule has 2 aromatic rings. The largest absolute Gasteiger partial charge is 0.476 e. The van der Waals surface area contributed by atoms with Crippen molar-refractivity contribution in [2.24, 2.45) is 0 Å². The molecule has 45 heavy (non-hydrogen) atoms. The van der Waals surface area contributed by atoms with Crippen molar-refractivity contribution in [2.45, 2.75) is 32.1 Å². The van der Waals surface area contributed by atoms with Crippen LogP contribution < -0.4 is 15.4 Å². The first-order valence-corrected chi connectivity index (χ1v) is 15.3. The highest BCUT2D eigenvalue weighted by Gasteiger charge is 2.48. The molecule has 10 nitrogen and oxygen atoms in total. The number of hydrogen-bond donors (Lipinski definition) is 2. The quantitative estimate of drug-likeness (QED) is 0.414. The highest BCUT2D eigenvalue weighted by atomic mass is 19.2. The fourth-order valence-corrected chi connectivity index (χ4v) is 6.13. The Morgan fingerprint density at radius 2 is 1.91 bits per heavy atom. The highest BCUT2D eigenvalue weighted by molar-refractivity contribution is 5.96. The Bertz CT molecular complexity index is 1510. The third-order valence-electron chi connectivity index (χ3n) is 8.81. The summed E-state index contributed by atoms with van der Waals surface area (Å²) in [6.45, 7) is 8.81. The fraction of sp³-hybridized carbons (Fsp3) is 0.455. The van der Waals surface area contributed by atoms with Crippen molar-refractivity contribution in [3.05, 3.63) is 77.3 Å². The molecule has 2 aromatic carbocycles. The van der Waals surface area contributed by atoms with Crippen LogP contribution in [0.4, 0.5) is 14.5 Å². The van der Waals surface area contributed by atoms with E-state index in [4.69, 9.17) is 10.00 Å². The fourth-order valence-electron chi connectivity index (χ4n) is 6.13. The maximum absolute atomic E-state index is 15.2. The lowest BCUT2D eigenvalue weighted by Gasteiger charge is -2.49. The van der Waals surface area contributed by atoms with E-state index in [1.807, 2.05) is 66.2 Å². The predicted molar refractivity (Wildman–Crippen MR) is 170 cm³/mol. The number of halogens is 2. The number of likely N-dealkylation sites (N-methyl/N-ethyl adjacent to an activating group) is 2. The van der Waals surface area contributed by atoms with Gasteiger partial charge in [0, 0.05) is 81.7 Å². The van der Waals surface area contributed by atoms with Gasteiger partial charge in [-0.1, -0.05) is 6.92 Å². The number of ether oxygens (including phenoxy) is 1. The molecule has 12 heteroatoms. The number of anilines is 1. The van der Waals surface area contributed by atoms with E-state index in [0.29, 0.717) is 25.2 Å². The summed E-state index contributed by atoms with van der Waals surface area (Å²) in [6.07, 6.45) is 5.73. The topological polar surface area (TPSA) is 90.3 Å². The van der Waals surface area contributed by atoms with Crippen LogP contribution in [0.15, 0.2) is 48.9 Å². The monoisotopic (exact) mass is 620 g/mol. The molecule has 0 aromatic heterocycles. The minimum absolute atomic E-state index is 0.0612. The summed E-state index contributed by atoms with van der Waals surface area (Å²) in [5.41, 5.74) is 2.27. The van der Waals surface area contributed by atoms with Gasteiger partial charge >= 0.3 is 0 Å². The summed E-state index contributed by atoms with van der Waals surface area (Å²) < 4.78 is 35.0. The summed E-state index contributed by atoms with van der Waals surface area (Å²) in [4.78, 5) is 24.0. The van der Waals surface area contributed by atoms with Crippen LogP contribution in [0.25, 0.3) is 5.70 Å². The zero-order valence-electron chi connectivity index (χ0n) is 26.6. The van der Waals surface area contributed by atoms with Crippen LogP contribution in [0.3, 0.4) is 0 Å². The lowest BCUT2D eigenvalue weighted by Crippen LogP contribution is -2.65. The summed E-state index contributed by atoms with van der Waals surface area (Å²) in [6, 6.07) is 10.4. The van der Waals surface area contributed by atoms with Crippen molar-refractivity contribution in [3.8, 4) is 11.8 Å². The van der Waals surface area contributed by atoms with Gasteiger partial charge in [-0.15, -0.1) is 0 Å². The van der Waals surface area contributed by atoms with Gasteiger partial charge < -0.3 is 35.0 Å². The average Bonchev–Trinajstić information content (AvgIpc) is 3.39. The summed E-state index contributed by atoms with van der Waals surface area (Å²) in [5.74, 6) is -2.44. The minimum atomic E-state index is -1.14. The molecule has 1 saturated heterocycles. The number of nitrogens with zero attached hydrogens (tertiary/aromatic N) is 6. The molecule has 2 unspecified atom stereocenters. The Morgan fingerprint density at radius 3 is 2.60 bits per heavy atom. The van der Waals surface area contributed by atoms with Crippen molar-refractivity contribution >= 4 is 17.3 Å². The third kappa shape index (κ3) is 6.41. The molecule has 0 saturated carbocycles. The second-order valence-electron chi connectivity index (χ2n) is 12.1. The van der Waals surface area contributed by atoms with Crippen molar-refractivity contribution in [1.82, 2.24) is 29.8 Å². The number of carbonyl (C=O) groups excluding carboxylic acids is 1. The van der Waals surface area contributed by atoms with Gasteiger partial charge in [0.15, 0.2) is 23.8 Å². The molecule has 240 valence electrons. The van der Waals surface area contributed by atoms with E-state index in [1.165, 1.54) is 12.1 Å². The molecule has 2 atom stereocenters. The lowest BCUT2D eigenvalue weighted by molar-refractivity contribution is 0.0628. The molecule has 5 rings (SSSR count). The number of aryl methyl sites for hydroxylation is 1. The number of carbonyl (C=O) groups is 1. The lowest BCUT2D eigenvalue weighted by atomic mass is 10.0. The molecule has 3 aliphatic rings. The van der Waals surface area contributed by atoms with Crippen molar-refractivity contribution < 1.29 is 18.3 Å². The standard InChI is InChI=1S/C33H42F2N8O2/c1-6-23-21-24(7-8-25(23)31(44)42-17-15-41(16-18-42)14-12-39(3)4)38-32-33(2)37-22-27(43(33)19-13-40(32)5)26-9-10-28(45-20-11-36)30(35)29(26)34/h7-10,13,19,21-22,32,37-38H,6,12,14-18,20H2,1-5H3. The van der Waals surface area contributed by atoms with E-state index in [0.717, 1.165) is 43.0 Å². The van der Waals surface area contributed by atoms with E-state index in [9.17, 15) is 9.18 Å². The smallest absolute Gasteiger partial charge is 0.254 e. The van der Waals surface area contributed by atoms with Gasteiger partial charge in [0.2, 0.25) is 5.82 Å². The molecule has 2 N–H and O–H groups in total. The predicted octanol–water partition coefficient (Wildman–Crippen LogP) is 3.52. The number of fused-ring (bicyclic) bond motifs is 1. The van der Waals surface area contributed by atoms with Gasteiger partial charge in [-0.25, -0.2) is 4.39 Å². The number of amides is 1. The van der Waals surface area contributed by atoms with E-state index in [-0.39, 0.29) is 30.0 Å². The second kappa shape index (κ2) is 13.3. The SMILES string of the molecule is CCc1cc(NC2N(C)C=CN3C(c4ccc(OCC#N)c(F)c4F)=CNC23C)ccc1C(=O)N1CCN(CCN(C)C)CC1. The van der Waals surface area contributed by atoms with Gasteiger partial charge in [0.1, 0.15) is 12.2 Å². The molecule has 0 spiro atoms. The molecule has 3 aliphatic heterocycles. The van der Waals surface area contributed by atoms with E-state index < -0.39 is 17.3 Å². The molecule has 1 fully saturated rings. The Kier molecular flexibility index (Phi) is 9.51. The first-order valence-electron chi connectivity index (χ1n) is 15.3. The zero-order valence-corrected chi connectivity index (χ0v) is 26.6. The van der Waals surface area contributed by atoms with Crippen LogP contribution in [0.2, 0.25) is 0 Å². The van der Waals surface area contributed by atoms with Crippen LogP contribution in [0, 0.1) is 23.0 Å². The van der Waals surface area contributed by atoms with Gasteiger partial charge in [-0.3, -0.25) is 9.69 Å². The first kappa shape index (κ1) is 32.1. The maximum atomic E-state index is 15.2. The number of benzene rings is 2. The molecule has 1 amide bonds. The maximum Gasteiger partial charge on any atom is 0.254 e. The molecular formula is C33H42F2N8O2. The number of piperazine rings is 1. The number of nitrogens with one attached hydrogen (secondary N) is 2. The average molecular weight is 621 g/mol. The molecule has 0 bridgehead atoms. The number of rotatable bonds is 10. The van der Waals surface area contributed by atoms with Gasteiger partial charge in [-0.2, -0.15) is 9.65 Å². The minimum Gasteiger partial charge on any atom is -0.476 e. The molecule has 0 radical (unpaired) electrons. The third-order valence-corrected chi connectivity index (χ3v) is 8.81. The highest BCUT2D eigenvalue weighted by Crippen LogP contribution is 2.40. The van der Waals surface area contributed by atoms with Crippen molar-refractivity contribution in [2.75, 3.05) is 72.3 Å². The Morgan fingerprint density at radius 1 is 1.16 bits per heavy atom. The summed E-state index contributed by atoms with van der Waals surface area (Å²) >= 11 is 0. The van der Waals surface area contributed by atoms with E-state index in [1.54, 1.807) is 12.3 Å². The van der Waals surface area contributed by atoms with E-state index in [2.05, 4.69) is 34.5 Å².